The molecule has 0 aliphatic carbocycles. The molecule has 0 amide bonds. The highest BCUT2D eigenvalue weighted by atomic mass is 16.7. The number of carbonyl (C=O) groups is 2. The van der Waals surface area contributed by atoms with Crippen LogP contribution in [0.1, 0.15) is 58.1 Å². The van der Waals surface area contributed by atoms with Gasteiger partial charge in [-0.1, -0.05) is 38.1 Å². The first kappa shape index (κ1) is 23.4. The molecule has 1 heterocycles. The maximum atomic E-state index is 11.6. The Balaban J connectivity index is 1.96. The van der Waals surface area contributed by atoms with E-state index in [2.05, 4.69) is 25.1 Å². The lowest BCUT2D eigenvalue weighted by Gasteiger charge is -2.43. The summed E-state index contributed by atoms with van der Waals surface area (Å²) in [5.41, 5.74) is 2.64. The largest absolute Gasteiger partial charge is 0.458 e. The minimum Gasteiger partial charge on any atom is -0.458 e. The summed E-state index contributed by atoms with van der Waals surface area (Å²) in [6.07, 6.45) is 1.32. The summed E-state index contributed by atoms with van der Waals surface area (Å²) in [4.78, 5) is 23.2. The van der Waals surface area contributed by atoms with Gasteiger partial charge < -0.3 is 18.9 Å². The van der Waals surface area contributed by atoms with Gasteiger partial charge in [0.15, 0.2) is 12.4 Å². The summed E-state index contributed by atoms with van der Waals surface area (Å²) >= 11 is 0. The summed E-state index contributed by atoms with van der Waals surface area (Å²) in [6.45, 7) is 9.24. The lowest BCUT2D eigenvalue weighted by atomic mass is 9.89. The van der Waals surface area contributed by atoms with E-state index in [-0.39, 0.29) is 12.0 Å². The van der Waals surface area contributed by atoms with Crippen molar-refractivity contribution in [1.82, 2.24) is 0 Å². The summed E-state index contributed by atoms with van der Waals surface area (Å²) in [7, 11) is 0. The van der Waals surface area contributed by atoms with Crippen molar-refractivity contribution < 1.29 is 28.5 Å². The van der Waals surface area contributed by atoms with Gasteiger partial charge in [0.2, 0.25) is 0 Å². The highest BCUT2D eigenvalue weighted by Crippen LogP contribution is 2.32. The average Bonchev–Trinajstić information content (AvgIpc) is 2.66. The zero-order valence-electron chi connectivity index (χ0n) is 18.2. The Labute approximate surface area is 173 Å². The Kier molecular flexibility index (Phi) is 9.11. The number of carbonyl (C=O) groups excluding carboxylic acids is 2. The summed E-state index contributed by atoms with van der Waals surface area (Å²) < 4.78 is 23.0. The van der Waals surface area contributed by atoms with E-state index in [4.69, 9.17) is 18.9 Å². The standard InChI is InChI=1S/C23H34O6/c1-6-20-16(3)21(27-17(4)24)22(28-18(5)25)23(29-20)26-14-10-9-13-19-12-8-7-11-15(19)2/h7-8,11-12,16,20-23H,6,9-10,13-14H2,1-5H3/t16-,20-,21+,22-,23-/m1/s1. The fraction of sp³-hybridized carbons (Fsp3) is 0.652. The van der Waals surface area contributed by atoms with Crippen LogP contribution in [0.25, 0.3) is 0 Å². The van der Waals surface area contributed by atoms with Gasteiger partial charge in [0.25, 0.3) is 0 Å². The molecule has 0 saturated carbocycles. The monoisotopic (exact) mass is 406 g/mol. The predicted molar refractivity (Wildman–Crippen MR) is 109 cm³/mol. The van der Waals surface area contributed by atoms with Gasteiger partial charge in [-0.15, -0.1) is 0 Å². The van der Waals surface area contributed by atoms with Crippen LogP contribution in [0.5, 0.6) is 0 Å². The van der Waals surface area contributed by atoms with Crippen LogP contribution in [0.2, 0.25) is 0 Å². The average molecular weight is 407 g/mol. The molecule has 1 aliphatic rings. The van der Waals surface area contributed by atoms with Gasteiger partial charge in [-0.2, -0.15) is 0 Å². The van der Waals surface area contributed by atoms with E-state index in [0.717, 1.165) is 25.7 Å². The molecule has 1 fully saturated rings. The second-order valence-corrected chi connectivity index (χ2v) is 7.71. The zero-order chi connectivity index (χ0) is 21.4. The van der Waals surface area contributed by atoms with Crippen molar-refractivity contribution in [3.63, 3.8) is 0 Å². The van der Waals surface area contributed by atoms with Gasteiger partial charge in [-0.25, -0.2) is 0 Å². The molecule has 1 aromatic rings. The minimum absolute atomic E-state index is 0.103. The highest BCUT2D eigenvalue weighted by Gasteiger charge is 2.47. The fourth-order valence-electron chi connectivity index (χ4n) is 3.83. The van der Waals surface area contributed by atoms with Gasteiger partial charge in [0.05, 0.1) is 6.10 Å². The van der Waals surface area contributed by atoms with E-state index in [1.165, 1.54) is 25.0 Å². The van der Waals surface area contributed by atoms with Crippen LogP contribution >= 0.6 is 0 Å². The van der Waals surface area contributed by atoms with Gasteiger partial charge in [0, 0.05) is 26.4 Å². The van der Waals surface area contributed by atoms with Crippen LogP contribution in [0.4, 0.5) is 0 Å². The number of hydrogen-bond acceptors (Lipinski definition) is 6. The maximum absolute atomic E-state index is 11.6. The topological polar surface area (TPSA) is 71.1 Å². The molecule has 0 bridgehead atoms. The molecule has 2 rings (SSSR count). The number of aryl methyl sites for hydroxylation is 2. The zero-order valence-corrected chi connectivity index (χ0v) is 18.2. The van der Waals surface area contributed by atoms with Crippen molar-refractivity contribution in [3.05, 3.63) is 35.4 Å². The SMILES string of the molecule is CC[C@H]1O[C@@H](OCCCCc2ccccc2C)[C@H](OC(C)=O)[C@@H](OC(C)=O)[C@@H]1C. The lowest BCUT2D eigenvalue weighted by Crippen LogP contribution is -2.57. The molecule has 0 aromatic heterocycles. The van der Waals surface area contributed by atoms with Crippen LogP contribution in [0, 0.1) is 12.8 Å². The number of benzene rings is 1. The number of unbranched alkanes of at least 4 members (excludes halogenated alkanes) is 1. The molecule has 1 aromatic carbocycles. The summed E-state index contributed by atoms with van der Waals surface area (Å²) in [5.74, 6) is -0.965. The summed E-state index contributed by atoms with van der Waals surface area (Å²) in [6, 6.07) is 8.36. The molecule has 0 spiro atoms. The molecule has 0 radical (unpaired) electrons. The maximum Gasteiger partial charge on any atom is 0.303 e. The van der Waals surface area contributed by atoms with Gasteiger partial charge in [-0.3, -0.25) is 9.59 Å². The Morgan fingerprint density at radius 1 is 1.03 bits per heavy atom. The molecule has 0 N–H and O–H groups in total. The van der Waals surface area contributed by atoms with Crippen molar-refractivity contribution in [1.29, 1.82) is 0 Å². The Bertz CT molecular complexity index is 673. The van der Waals surface area contributed by atoms with Gasteiger partial charge in [0.1, 0.15) is 6.10 Å². The molecule has 6 nitrogen and oxygen atoms in total. The minimum atomic E-state index is -0.773. The van der Waals surface area contributed by atoms with Crippen LogP contribution in [-0.2, 0) is 35.0 Å². The van der Waals surface area contributed by atoms with Crippen LogP contribution < -0.4 is 0 Å². The number of esters is 2. The van der Waals surface area contributed by atoms with E-state index in [1.54, 1.807) is 0 Å². The molecular weight excluding hydrogens is 372 g/mol. The van der Waals surface area contributed by atoms with Crippen molar-refractivity contribution in [2.24, 2.45) is 5.92 Å². The molecule has 1 aliphatic heterocycles. The first-order valence-corrected chi connectivity index (χ1v) is 10.5. The van der Waals surface area contributed by atoms with Crippen molar-refractivity contribution >= 4 is 11.9 Å². The third-order valence-corrected chi connectivity index (χ3v) is 5.40. The Hall–Kier alpha value is -1.92. The normalized spacial score (nSPS) is 26.7. The number of ether oxygens (including phenoxy) is 4. The van der Waals surface area contributed by atoms with Crippen LogP contribution in [0.15, 0.2) is 24.3 Å². The van der Waals surface area contributed by atoms with Crippen LogP contribution in [-0.4, -0.2) is 43.1 Å². The van der Waals surface area contributed by atoms with Gasteiger partial charge in [-0.05, 0) is 43.7 Å². The number of rotatable bonds is 9. The molecule has 6 heteroatoms. The quantitative estimate of drug-likeness (QED) is 0.456. The van der Waals surface area contributed by atoms with E-state index in [0.29, 0.717) is 6.61 Å². The third kappa shape index (κ3) is 6.82. The molecular formula is C23H34O6. The molecule has 5 atom stereocenters. The van der Waals surface area contributed by atoms with Crippen molar-refractivity contribution in [2.75, 3.05) is 6.61 Å². The van der Waals surface area contributed by atoms with E-state index >= 15 is 0 Å². The molecule has 1 saturated heterocycles. The van der Waals surface area contributed by atoms with Gasteiger partial charge >= 0.3 is 11.9 Å². The molecule has 0 unspecified atom stereocenters. The Morgan fingerprint density at radius 3 is 2.31 bits per heavy atom. The first-order chi connectivity index (χ1) is 13.8. The second kappa shape index (κ2) is 11.3. The smallest absolute Gasteiger partial charge is 0.303 e. The Morgan fingerprint density at radius 2 is 1.69 bits per heavy atom. The van der Waals surface area contributed by atoms with Crippen molar-refractivity contribution in [3.8, 4) is 0 Å². The molecule has 162 valence electrons. The fourth-order valence-corrected chi connectivity index (χ4v) is 3.83. The third-order valence-electron chi connectivity index (χ3n) is 5.40. The first-order valence-electron chi connectivity index (χ1n) is 10.5. The summed E-state index contributed by atoms with van der Waals surface area (Å²) in [5, 5.41) is 0. The van der Waals surface area contributed by atoms with E-state index in [1.807, 2.05) is 19.9 Å². The second-order valence-electron chi connectivity index (χ2n) is 7.71. The molecule has 29 heavy (non-hydrogen) atoms. The van der Waals surface area contributed by atoms with E-state index in [9.17, 15) is 9.59 Å². The van der Waals surface area contributed by atoms with Crippen LogP contribution in [0.3, 0.4) is 0 Å². The number of hydrogen-bond donors (Lipinski definition) is 0. The highest BCUT2D eigenvalue weighted by molar-refractivity contribution is 5.67. The lowest BCUT2D eigenvalue weighted by molar-refractivity contribution is -0.290. The van der Waals surface area contributed by atoms with E-state index < -0.39 is 30.4 Å². The van der Waals surface area contributed by atoms with Crippen molar-refractivity contribution in [2.45, 2.75) is 84.9 Å². The predicted octanol–water partition coefficient (Wildman–Crippen LogP) is 3.97.